The van der Waals surface area contributed by atoms with Crippen molar-refractivity contribution < 1.29 is 18.7 Å². The largest absolute Gasteiger partial charge is 0.426 e. The zero-order valence-corrected chi connectivity index (χ0v) is 11.3. The van der Waals surface area contributed by atoms with E-state index in [0.29, 0.717) is 24.8 Å². The van der Waals surface area contributed by atoms with Crippen molar-refractivity contribution in [3.8, 4) is 11.7 Å². The number of hydrogen-bond acceptors (Lipinski definition) is 4. The van der Waals surface area contributed by atoms with Crippen molar-refractivity contribution >= 4 is 5.91 Å². The molecule has 0 saturated carbocycles. The molecule has 0 fully saturated rings. The first-order valence-electron chi connectivity index (χ1n) is 6.39. The lowest BCUT2D eigenvalue weighted by molar-refractivity contribution is 0.0916. The monoisotopic (exact) mass is 275 g/mol. The minimum absolute atomic E-state index is 0.230. The second-order valence-electron chi connectivity index (χ2n) is 4.14. The van der Waals surface area contributed by atoms with Gasteiger partial charge in [0.15, 0.2) is 5.76 Å². The van der Waals surface area contributed by atoms with E-state index in [1.807, 2.05) is 30.3 Å². The summed E-state index contributed by atoms with van der Waals surface area (Å²) in [6.45, 7) is 1.16. The van der Waals surface area contributed by atoms with Crippen LogP contribution >= 0.6 is 0 Å². The molecular formula is C15H17NO4. The number of rotatable bonds is 7. The van der Waals surface area contributed by atoms with E-state index in [1.165, 1.54) is 0 Å². The lowest BCUT2D eigenvalue weighted by atomic mass is 10.3. The zero-order valence-electron chi connectivity index (χ0n) is 11.3. The molecule has 106 valence electrons. The Morgan fingerprint density at radius 2 is 2.00 bits per heavy atom. The fourth-order valence-corrected chi connectivity index (χ4v) is 1.61. The Morgan fingerprint density at radius 3 is 2.75 bits per heavy atom. The van der Waals surface area contributed by atoms with Gasteiger partial charge in [0.05, 0.1) is 0 Å². The number of para-hydroxylation sites is 1. The molecule has 0 aliphatic heterocycles. The summed E-state index contributed by atoms with van der Waals surface area (Å²) in [5, 5.41) is 2.74. The molecular weight excluding hydrogens is 258 g/mol. The van der Waals surface area contributed by atoms with E-state index in [4.69, 9.17) is 13.9 Å². The average Bonchev–Trinajstić information content (AvgIpc) is 2.93. The molecule has 1 N–H and O–H groups in total. The van der Waals surface area contributed by atoms with Crippen LogP contribution in [0.15, 0.2) is 46.9 Å². The number of ether oxygens (including phenoxy) is 2. The SMILES string of the molecule is COCCCNC(=O)c1ccc(Oc2ccccc2)o1. The smallest absolute Gasteiger partial charge is 0.290 e. The van der Waals surface area contributed by atoms with Gasteiger partial charge < -0.3 is 19.2 Å². The Bertz CT molecular complexity index is 536. The molecule has 0 atom stereocenters. The maximum atomic E-state index is 11.8. The van der Waals surface area contributed by atoms with Crippen molar-refractivity contribution in [3.63, 3.8) is 0 Å². The first-order valence-corrected chi connectivity index (χ1v) is 6.39. The molecule has 5 nitrogen and oxygen atoms in total. The van der Waals surface area contributed by atoms with E-state index in [9.17, 15) is 4.79 Å². The Hall–Kier alpha value is -2.27. The fourth-order valence-electron chi connectivity index (χ4n) is 1.61. The summed E-state index contributed by atoms with van der Waals surface area (Å²) in [5.41, 5.74) is 0. The zero-order chi connectivity index (χ0) is 14.2. The standard InChI is InChI=1S/C15H17NO4/c1-18-11-5-10-16-15(17)13-8-9-14(20-13)19-12-6-3-2-4-7-12/h2-4,6-9H,5,10-11H2,1H3,(H,16,17). The number of carbonyl (C=O) groups is 1. The minimum Gasteiger partial charge on any atom is -0.426 e. The van der Waals surface area contributed by atoms with Crippen molar-refractivity contribution in [2.24, 2.45) is 0 Å². The summed E-state index contributed by atoms with van der Waals surface area (Å²) in [7, 11) is 1.63. The van der Waals surface area contributed by atoms with Crippen LogP contribution in [0, 0.1) is 0 Å². The van der Waals surface area contributed by atoms with Gasteiger partial charge in [-0.2, -0.15) is 0 Å². The average molecular weight is 275 g/mol. The predicted molar refractivity (Wildman–Crippen MR) is 74.1 cm³/mol. The van der Waals surface area contributed by atoms with Gasteiger partial charge in [0.2, 0.25) is 0 Å². The maximum absolute atomic E-state index is 11.8. The van der Waals surface area contributed by atoms with Gasteiger partial charge in [0, 0.05) is 26.3 Å². The van der Waals surface area contributed by atoms with E-state index < -0.39 is 0 Å². The van der Waals surface area contributed by atoms with Gasteiger partial charge in [-0.05, 0) is 24.6 Å². The summed E-state index contributed by atoms with van der Waals surface area (Å²) >= 11 is 0. The van der Waals surface area contributed by atoms with Gasteiger partial charge in [-0.3, -0.25) is 4.79 Å². The minimum atomic E-state index is -0.260. The first-order chi connectivity index (χ1) is 9.79. The van der Waals surface area contributed by atoms with Crippen LogP contribution in [-0.4, -0.2) is 26.2 Å². The number of amides is 1. The summed E-state index contributed by atoms with van der Waals surface area (Å²) in [4.78, 5) is 11.8. The highest BCUT2D eigenvalue weighted by Crippen LogP contribution is 2.23. The molecule has 1 heterocycles. The summed E-state index contributed by atoms with van der Waals surface area (Å²) in [5.74, 6) is 0.921. The maximum Gasteiger partial charge on any atom is 0.290 e. The van der Waals surface area contributed by atoms with Crippen LogP contribution in [0.1, 0.15) is 17.0 Å². The Balaban J connectivity index is 1.87. The summed E-state index contributed by atoms with van der Waals surface area (Å²) in [6, 6.07) is 12.5. The molecule has 1 amide bonds. The number of furan rings is 1. The van der Waals surface area contributed by atoms with Gasteiger partial charge >= 0.3 is 0 Å². The Morgan fingerprint density at radius 1 is 1.20 bits per heavy atom. The molecule has 2 aromatic rings. The van der Waals surface area contributed by atoms with E-state index in [1.54, 1.807) is 19.2 Å². The number of carbonyl (C=O) groups excluding carboxylic acids is 1. The van der Waals surface area contributed by atoms with Crippen LogP contribution < -0.4 is 10.1 Å². The van der Waals surface area contributed by atoms with Gasteiger partial charge in [-0.15, -0.1) is 0 Å². The highest BCUT2D eigenvalue weighted by Gasteiger charge is 2.11. The van der Waals surface area contributed by atoms with Gasteiger partial charge in [0.25, 0.3) is 11.9 Å². The third-order valence-corrected chi connectivity index (χ3v) is 2.58. The summed E-state index contributed by atoms with van der Waals surface area (Å²) < 4.78 is 15.7. The molecule has 0 bridgehead atoms. The highest BCUT2D eigenvalue weighted by molar-refractivity contribution is 5.91. The molecule has 0 unspecified atom stereocenters. The molecule has 0 saturated heterocycles. The summed E-state index contributed by atoms with van der Waals surface area (Å²) in [6.07, 6.45) is 0.760. The molecule has 1 aromatic heterocycles. The number of nitrogens with one attached hydrogen (secondary N) is 1. The molecule has 0 aliphatic carbocycles. The van der Waals surface area contributed by atoms with E-state index >= 15 is 0 Å². The molecule has 0 radical (unpaired) electrons. The number of methoxy groups -OCH3 is 1. The quantitative estimate of drug-likeness (QED) is 0.789. The Labute approximate surface area is 117 Å². The van der Waals surface area contributed by atoms with Crippen LogP contribution in [-0.2, 0) is 4.74 Å². The lowest BCUT2D eigenvalue weighted by Crippen LogP contribution is -2.24. The van der Waals surface area contributed by atoms with Crippen LogP contribution in [0.2, 0.25) is 0 Å². The molecule has 5 heteroatoms. The highest BCUT2D eigenvalue weighted by atomic mass is 16.6. The molecule has 0 spiro atoms. The normalized spacial score (nSPS) is 10.2. The second-order valence-corrected chi connectivity index (χ2v) is 4.14. The molecule has 2 rings (SSSR count). The van der Waals surface area contributed by atoms with Crippen LogP contribution in [0.25, 0.3) is 0 Å². The van der Waals surface area contributed by atoms with E-state index in [-0.39, 0.29) is 11.7 Å². The van der Waals surface area contributed by atoms with Crippen LogP contribution in [0.3, 0.4) is 0 Å². The molecule has 20 heavy (non-hydrogen) atoms. The number of hydrogen-bond donors (Lipinski definition) is 1. The second kappa shape index (κ2) is 7.35. The van der Waals surface area contributed by atoms with Gasteiger partial charge in [0.1, 0.15) is 5.75 Å². The van der Waals surface area contributed by atoms with E-state index in [0.717, 1.165) is 6.42 Å². The third kappa shape index (κ3) is 4.13. The fraction of sp³-hybridized carbons (Fsp3) is 0.267. The first kappa shape index (κ1) is 14.1. The lowest BCUT2D eigenvalue weighted by Gasteiger charge is -2.03. The number of benzene rings is 1. The van der Waals surface area contributed by atoms with Crippen molar-refractivity contribution in [2.75, 3.05) is 20.3 Å². The van der Waals surface area contributed by atoms with Crippen molar-refractivity contribution in [2.45, 2.75) is 6.42 Å². The Kier molecular flexibility index (Phi) is 5.20. The van der Waals surface area contributed by atoms with Crippen molar-refractivity contribution in [1.29, 1.82) is 0 Å². The van der Waals surface area contributed by atoms with Gasteiger partial charge in [-0.25, -0.2) is 0 Å². The third-order valence-electron chi connectivity index (χ3n) is 2.58. The van der Waals surface area contributed by atoms with Crippen molar-refractivity contribution in [3.05, 3.63) is 48.2 Å². The van der Waals surface area contributed by atoms with Crippen molar-refractivity contribution in [1.82, 2.24) is 5.32 Å². The van der Waals surface area contributed by atoms with Crippen LogP contribution in [0.5, 0.6) is 11.7 Å². The molecule has 0 aliphatic rings. The topological polar surface area (TPSA) is 60.7 Å². The predicted octanol–water partition coefficient (Wildman–Crippen LogP) is 2.84. The van der Waals surface area contributed by atoms with Gasteiger partial charge in [-0.1, -0.05) is 18.2 Å². The van der Waals surface area contributed by atoms with Crippen LogP contribution in [0.4, 0.5) is 0 Å². The van der Waals surface area contributed by atoms with E-state index in [2.05, 4.69) is 5.32 Å². The molecule has 1 aromatic carbocycles.